The molecule has 3 rings (SSSR count). The molecule has 1 fully saturated rings. The van der Waals surface area contributed by atoms with Crippen LogP contribution in [0.2, 0.25) is 0 Å². The maximum atomic E-state index is 12.6. The summed E-state index contributed by atoms with van der Waals surface area (Å²) in [5.41, 5.74) is 1.27. The van der Waals surface area contributed by atoms with Gasteiger partial charge in [0.2, 0.25) is 10.0 Å². The van der Waals surface area contributed by atoms with Gasteiger partial charge in [-0.3, -0.25) is 9.89 Å². The number of sulfonamides is 1. The Bertz CT molecular complexity index is 818. The van der Waals surface area contributed by atoms with Gasteiger partial charge in [-0.2, -0.15) is 9.40 Å². The number of H-pyrrole nitrogens is 1. The zero-order valence-corrected chi connectivity index (χ0v) is 16.0. The van der Waals surface area contributed by atoms with Crippen molar-refractivity contribution in [1.82, 2.24) is 24.7 Å². The summed E-state index contributed by atoms with van der Waals surface area (Å²) in [4.78, 5) is 14.2. The fraction of sp³-hybridized carbons (Fsp3) is 0.375. The molecule has 1 aromatic carbocycles. The van der Waals surface area contributed by atoms with Crippen molar-refractivity contribution < 1.29 is 13.2 Å². The van der Waals surface area contributed by atoms with Crippen LogP contribution in [0.25, 0.3) is 0 Å². The number of halogens is 1. The van der Waals surface area contributed by atoms with Gasteiger partial charge in [0.05, 0.1) is 17.1 Å². The van der Waals surface area contributed by atoms with Gasteiger partial charge in [-0.15, -0.1) is 12.4 Å². The summed E-state index contributed by atoms with van der Waals surface area (Å²) in [7, 11) is -1.82. The molecule has 2 N–H and O–H groups in total. The molecule has 2 aromatic rings. The van der Waals surface area contributed by atoms with E-state index in [4.69, 9.17) is 0 Å². The lowest BCUT2D eigenvalue weighted by molar-refractivity contribution is 0.0783. The van der Waals surface area contributed by atoms with E-state index in [1.54, 1.807) is 36.3 Å². The fourth-order valence-electron chi connectivity index (χ4n) is 2.72. The lowest BCUT2D eigenvalue weighted by Crippen LogP contribution is -2.46. The van der Waals surface area contributed by atoms with Crippen LogP contribution >= 0.6 is 12.4 Å². The Kier molecular flexibility index (Phi) is 6.76. The van der Waals surface area contributed by atoms with Crippen LogP contribution in [0.15, 0.2) is 41.4 Å². The Morgan fingerprint density at radius 3 is 2.42 bits per heavy atom. The number of nitrogens with zero attached hydrogens (tertiary/aromatic N) is 3. The zero-order chi connectivity index (χ0) is 17.9. The lowest BCUT2D eigenvalue weighted by Gasteiger charge is -2.26. The summed E-state index contributed by atoms with van der Waals surface area (Å²) in [6, 6.07) is 7.90. The molecule has 0 aliphatic carbocycles. The number of aromatic nitrogens is 2. The van der Waals surface area contributed by atoms with Gasteiger partial charge in [-0.1, -0.05) is 0 Å². The van der Waals surface area contributed by atoms with Gasteiger partial charge in [0.25, 0.3) is 5.91 Å². The minimum absolute atomic E-state index is 0. The summed E-state index contributed by atoms with van der Waals surface area (Å²) in [6.07, 6.45) is 1.63. The van der Waals surface area contributed by atoms with E-state index in [2.05, 4.69) is 15.5 Å². The smallest absolute Gasteiger partial charge is 0.253 e. The van der Waals surface area contributed by atoms with Gasteiger partial charge in [0.15, 0.2) is 0 Å². The van der Waals surface area contributed by atoms with Gasteiger partial charge in [-0.25, -0.2) is 8.42 Å². The van der Waals surface area contributed by atoms with E-state index in [-0.39, 0.29) is 23.2 Å². The number of piperazine rings is 1. The first kappa shape index (κ1) is 20.4. The first-order valence-electron chi connectivity index (χ1n) is 8.03. The fourth-order valence-corrected chi connectivity index (χ4v) is 4.17. The summed E-state index contributed by atoms with van der Waals surface area (Å²) in [5, 5.41) is 9.79. The standard InChI is InChI=1S/C16H21N5O3S.ClH/c1-20(12-14-6-7-18-19-14)16(22)13-2-4-15(5-3-13)25(23,24)21-10-8-17-9-11-21;/h2-7,17H,8-12H2,1H3,(H,18,19);1H. The molecule has 0 radical (unpaired) electrons. The van der Waals surface area contributed by atoms with Crippen molar-refractivity contribution in [2.45, 2.75) is 11.4 Å². The van der Waals surface area contributed by atoms with E-state index in [1.165, 1.54) is 16.4 Å². The van der Waals surface area contributed by atoms with Gasteiger partial charge in [0, 0.05) is 45.0 Å². The average molecular weight is 400 g/mol. The SMILES string of the molecule is CN(Cc1ccn[nH]1)C(=O)c1ccc(S(=O)(=O)N2CCNCC2)cc1.Cl. The first-order chi connectivity index (χ1) is 12.0. The van der Waals surface area contributed by atoms with Crippen LogP contribution in [0.5, 0.6) is 0 Å². The molecule has 142 valence electrons. The number of hydrogen-bond acceptors (Lipinski definition) is 5. The Morgan fingerprint density at radius 2 is 1.85 bits per heavy atom. The molecule has 1 aromatic heterocycles. The van der Waals surface area contributed by atoms with Gasteiger partial charge < -0.3 is 10.2 Å². The van der Waals surface area contributed by atoms with Crippen LogP contribution < -0.4 is 5.32 Å². The van der Waals surface area contributed by atoms with Crippen molar-refractivity contribution in [1.29, 1.82) is 0 Å². The quantitative estimate of drug-likeness (QED) is 0.771. The molecule has 0 unspecified atom stereocenters. The van der Waals surface area contributed by atoms with Crippen molar-refractivity contribution >= 4 is 28.3 Å². The molecule has 1 amide bonds. The van der Waals surface area contributed by atoms with Crippen molar-refractivity contribution in [2.24, 2.45) is 0 Å². The molecule has 10 heteroatoms. The highest BCUT2D eigenvalue weighted by Crippen LogP contribution is 2.18. The van der Waals surface area contributed by atoms with E-state index in [0.717, 1.165) is 5.69 Å². The minimum atomic E-state index is -3.51. The molecule has 0 atom stereocenters. The lowest BCUT2D eigenvalue weighted by atomic mass is 10.2. The summed E-state index contributed by atoms with van der Waals surface area (Å²) < 4.78 is 26.7. The third-order valence-corrected chi connectivity index (χ3v) is 6.04. The third kappa shape index (κ3) is 4.42. The monoisotopic (exact) mass is 399 g/mol. The normalized spacial score (nSPS) is 15.3. The minimum Gasteiger partial charge on any atom is -0.336 e. The maximum Gasteiger partial charge on any atom is 0.253 e. The van der Waals surface area contributed by atoms with Crippen LogP contribution in [0.1, 0.15) is 16.1 Å². The molecular formula is C16H22ClN5O3S. The molecule has 0 bridgehead atoms. The second-order valence-electron chi connectivity index (χ2n) is 5.92. The second-order valence-corrected chi connectivity index (χ2v) is 7.86. The number of hydrogen-bond donors (Lipinski definition) is 2. The Balaban J connectivity index is 0.00000243. The molecule has 0 spiro atoms. The molecule has 2 heterocycles. The van der Waals surface area contributed by atoms with E-state index in [1.807, 2.05) is 0 Å². The van der Waals surface area contributed by atoms with Crippen molar-refractivity contribution in [3.8, 4) is 0 Å². The van der Waals surface area contributed by atoms with E-state index in [9.17, 15) is 13.2 Å². The third-order valence-electron chi connectivity index (χ3n) is 4.13. The van der Waals surface area contributed by atoms with Crippen LogP contribution in [-0.4, -0.2) is 67.0 Å². The highest BCUT2D eigenvalue weighted by atomic mass is 35.5. The number of aromatic amines is 1. The first-order valence-corrected chi connectivity index (χ1v) is 9.47. The predicted octanol–water partition coefficient (Wildman–Crippen LogP) is 0.698. The molecule has 1 aliphatic heterocycles. The Hall–Kier alpha value is -1.94. The Morgan fingerprint density at radius 1 is 1.19 bits per heavy atom. The number of benzene rings is 1. The summed E-state index contributed by atoms with van der Waals surface area (Å²) in [6.45, 7) is 2.61. The van der Waals surface area contributed by atoms with E-state index >= 15 is 0 Å². The Labute approximate surface area is 159 Å². The molecular weight excluding hydrogens is 378 g/mol. The number of carbonyl (C=O) groups excluding carboxylic acids is 1. The summed E-state index contributed by atoms with van der Waals surface area (Å²) in [5.74, 6) is -0.180. The van der Waals surface area contributed by atoms with Crippen molar-refractivity contribution in [3.05, 3.63) is 47.8 Å². The highest BCUT2D eigenvalue weighted by Gasteiger charge is 2.26. The molecule has 1 aliphatic rings. The van der Waals surface area contributed by atoms with Gasteiger partial charge >= 0.3 is 0 Å². The largest absolute Gasteiger partial charge is 0.336 e. The number of rotatable bonds is 5. The van der Waals surface area contributed by atoms with E-state index in [0.29, 0.717) is 38.3 Å². The second kappa shape index (κ2) is 8.63. The zero-order valence-electron chi connectivity index (χ0n) is 14.4. The van der Waals surface area contributed by atoms with Crippen LogP contribution in [0.4, 0.5) is 0 Å². The maximum absolute atomic E-state index is 12.6. The average Bonchev–Trinajstić information content (AvgIpc) is 3.15. The number of nitrogens with one attached hydrogen (secondary N) is 2. The van der Waals surface area contributed by atoms with Crippen LogP contribution in [0, 0.1) is 0 Å². The number of carbonyl (C=O) groups is 1. The topological polar surface area (TPSA) is 98.4 Å². The van der Waals surface area contributed by atoms with Crippen LogP contribution in [0.3, 0.4) is 0 Å². The van der Waals surface area contributed by atoms with E-state index < -0.39 is 10.0 Å². The van der Waals surface area contributed by atoms with Crippen molar-refractivity contribution in [2.75, 3.05) is 33.2 Å². The summed E-state index contributed by atoms with van der Waals surface area (Å²) >= 11 is 0. The van der Waals surface area contributed by atoms with Gasteiger partial charge in [0.1, 0.15) is 0 Å². The predicted molar refractivity (Wildman–Crippen MR) is 99.7 cm³/mol. The van der Waals surface area contributed by atoms with Crippen LogP contribution in [-0.2, 0) is 16.6 Å². The number of amides is 1. The van der Waals surface area contributed by atoms with Crippen molar-refractivity contribution in [3.63, 3.8) is 0 Å². The van der Waals surface area contributed by atoms with Gasteiger partial charge in [-0.05, 0) is 30.3 Å². The molecule has 1 saturated heterocycles. The molecule has 0 saturated carbocycles. The molecule has 8 nitrogen and oxygen atoms in total. The molecule has 26 heavy (non-hydrogen) atoms. The highest BCUT2D eigenvalue weighted by molar-refractivity contribution is 7.89.